The Hall–Kier alpha value is -1.58. The van der Waals surface area contributed by atoms with E-state index < -0.39 is 0 Å². The van der Waals surface area contributed by atoms with Crippen molar-refractivity contribution in [3.8, 4) is 0 Å². The van der Waals surface area contributed by atoms with E-state index in [2.05, 4.69) is 17.4 Å². The van der Waals surface area contributed by atoms with Gasteiger partial charge in [0.2, 0.25) is 0 Å². The van der Waals surface area contributed by atoms with Crippen LogP contribution in [-0.4, -0.2) is 19.1 Å². The van der Waals surface area contributed by atoms with Gasteiger partial charge in [-0.25, -0.2) is 0 Å². The molecule has 0 bridgehead atoms. The number of nitrogens with one attached hydrogen (secondary N) is 1. The van der Waals surface area contributed by atoms with Crippen LogP contribution in [0.1, 0.15) is 11.3 Å². The summed E-state index contributed by atoms with van der Waals surface area (Å²) < 4.78 is 5.26. The van der Waals surface area contributed by atoms with Crippen LogP contribution in [0.2, 0.25) is 0 Å². The first-order chi connectivity index (χ1) is 8.84. The Morgan fingerprint density at radius 2 is 1.94 bits per heavy atom. The van der Waals surface area contributed by atoms with E-state index in [0.717, 1.165) is 31.7 Å². The molecule has 0 radical (unpaired) electrons. The second-order valence-electron chi connectivity index (χ2n) is 4.48. The molecule has 3 heteroatoms. The van der Waals surface area contributed by atoms with Crippen molar-refractivity contribution in [2.45, 2.75) is 18.9 Å². The van der Waals surface area contributed by atoms with E-state index in [1.54, 1.807) is 6.26 Å². The van der Waals surface area contributed by atoms with Gasteiger partial charge in [-0.1, -0.05) is 30.3 Å². The van der Waals surface area contributed by atoms with Crippen LogP contribution in [0.15, 0.2) is 53.1 Å². The van der Waals surface area contributed by atoms with Crippen molar-refractivity contribution in [3.63, 3.8) is 0 Å². The summed E-state index contributed by atoms with van der Waals surface area (Å²) >= 11 is 0. The Labute approximate surface area is 108 Å². The molecule has 1 unspecified atom stereocenters. The zero-order chi connectivity index (χ0) is 12.6. The molecule has 0 aliphatic rings. The van der Waals surface area contributed by atoms with Crippen LogP contribution in [0.4, 0.5) is 0 Å². The molecule has 18 heavy (non-hydrogen) atoms. The summed E-state index contributed by atoms with van der Waals surface area (Å²) in [6.45, 7) is 1.73. The first-order valence-corrected chi connectivity index (χ1v) is 6.37. The fourth-order valence-electron chi connectivity index (χ4n) is 1.94. The minimum Gasteiger partial charge on any atom is -0.469 e. The van der Waals surface area contributed by atoms with E-state index in [-0.39, 0.29) is 6.04 Å². The maximum absolute atomic E-state index is 6.08. The molecule has 2 aromatic rings. The molecule has 0 fully saturated rings. The van der Waals surface area contributed by atoms with Crippen molar-refractivity contribution in [2.75, 3.05) is 13.1 Å². The van der Waals surface area contributed by atoms with E-state index in [1.807, 2.05) is 30.3 Å². The highest BCUT2D eigenvalue weighted by molar-refractivity contribution is 5.15. The van der Waals surface area contributed by atoms with Crippen LogP contribution in [0.5, 0.6) is 0 Å². The monoisotopic (exact) mass is 244 g/mol. The Morgan fingerprint density at radius 3 is 2.67 bits per heavy atom. The van der Waals surface area contributed by atoms with Crippen LogP contribution < -0.4 is 11.1 Å². The van der Waals surface area contributed by atoms with E-state index in [9.17, 15) is 0 Å². The Bertz CT molecular complexity index is 425. The van der Waals surface area contributed by atoms with E-state index >= 15 is 0 Å². The zero-order valence-electron chi connectivity index (χ0n) is 10.5. The van der Waals surface area contributed by atoms with Crippen LogP contribution in [0, 0.1) is 0 Å². The Balaban J connectivity index is 1.62. The highest BCUT2D eigenvalue weighted by atomic mass is 16.3. The third-order valence-corrected chi connectivity index (χ3v) is 2.88. The van der Waals surface area contributed by atoms with Crippen molar-refractivity contribution in [1.29, 1.82) is 0 Å². The Morgan fingerprint density at radius 1 is 1.11 bits per heavy atom. The van der Waals surface area contributed by atoms with Gasteiger partial charge in [-0.05, 0) is 24.1 Å². The third kappa shape index (κ3) is 4.35. The van der Waals surface area contributed by atoms with Crippen molar-refractivity contribution in [2.24, 2.45) is 5.73 Å². The van der Waals surface area contributed by atoms with Crippen molar-refractivity contribution in [1.82, 2.24) is 5.32 Å². The highest BCUT2D eigenvalue weighted by Gasteiger charge is 2.03. The number of furan rings is 1. The van der Waals surface area contributed by atoms with Crippen molar-refractivity contribution in [3.05, 3.63) is 60.1 Å². The number of nitrogens with two attached hydrogens (primary N) is 1. The SMILES string of the molecule is NC(CNCCc1ccco1)Cc1ccccc1. The summed E-state index contributed by atoms with van der Waals surface area (Å²) in [5, 5.41) is 3.36. The molecule has 3 nitrogen and oxygen atoms in total. The fraction of sp³-hybridized carbons (Fsp3) is 0.333. The maximum Gasteiger partial charge on any atom is 0.105 e. The topological polar surface area (TPSA) is 51.2 Å². The maximum atomic E-state index is 6.08. The summed E-state index contributed by atoms with van der Waals surface area (Å²) in [5.74, 6) is 1.01. The smallest absolute Gasteiger partial charge is 0.105 e. The molecule has 1 heterocycles. The summed E-state index contributed by atoms with van der Waals surface area (Å²) in [5.41, 5.74) is 7.37. The average Bonchev–Trinajstić information content (AvgIpc) is 2.89. The average molecular weight is 244 g/mol. The molecule has 1 aromatic carbocycles. The molecule has 0 spiro atoms. The predicted octanol–water partition coefficient (Wildman–Crippen LogP) is 1.98. The van der Waals surface area contributed by atoms with Crippen LogP contribution in [0.3, 0.4) is 0 Å². The molecule has 96 valence electrons. The molecule has 2 rings (SSSR count). The lowest BCUT2D eigenvalue weighted by atomic mass is 10.1. The predicted molar refractivity (Wildman–Crippen MR) is 73.4 cm³/mol. The van der Waals surface area contributed by atoms with Gasteiger partial charge in [-0.2, -0.15) is 0 Å². The van der Waals surface area contributed by atoms with Gasteiger partial charge in [0.1, 0.15) is 5.76 Å². The number of rotatable bonds is 7. The number of hydrogen-bond acceptors (Lipinski definition) is 3. The van der Waals surface area contributed by atoms with Gasteiger partial charge in [0, 0.05) is 25.6 Å². The van der Waals surface area contributed by atoms with Gasteiger partial charge in [0.25, 0.3) is 0 Å². The summed E-state index contributed by atoms with van der Waals surface area (Å²) in [6.07, 6.45) is 3.52. The van der Waals surface area contributed by atoms with Gasteiger partial charge in [0.15, 0.2) is 0 Å². The molecule has 0 aliphatic heterocycles. The van der Waals surface area contributed by atoms with Gasteiger partial charge in [-0.15, -0.1) is 0 Å². The lowest BCUT2D eigenvalue weighted by Crippen LogP contribution is -2.36. The third-order valence-electron chi connectivity index (χ3n) is 2.88. The normalized spacial score (nSPS) is 12.5. The molecule has 0 saturated heterocycles. The van der Waals surface area contributed by atoms with Gasteiger partial charge < -0.3 is 15.5 Å². The number of benzene rings is 1. The minimum atomic E-state index is 0.156. The molecule has 0 aliphatic carbocycles. The molecule has 1 aromatic heterocycles. The van der Waals surface area contributed by atoms with Gasteiger partial charge in [0.05, 0.1) is 6.26 Å². The van der Waals surface area contributed by atoms with E-state index in [4.69, 9.17) is 10.2 Å². The fourth-order valence-corrected chi connectivity index (χ4v) is 1.94. The second kappa shape index (κ2) is 6.99. The molecule has 0 amide bonds. The summed E-state index contributed by atoms with van der Waals surface area (Å²) in [7, 11) is 0. The second-order valence-corrected chi connectivity index (χ2v) is 4.48. The Kier molecular flexibility index (Phi) is 5.00. The molecule has 0 saturated carbocycles. The first-order valence-electron chi connectivity index (χ1n) is 6.37. The van der Waals surface area contributed by atoms with Crippen molar-refractivity contribution < 1.29 is 4.42 Å². The zero-order valence-corrected chi connectivity index (χ0v) is 10.5. The van der Waals surface area contributed by atoms with Crippen molar-refractivity contribution >= 4 is 0 Å². The molecule has 1 atom stereocenters. The summed E-state index contributed by atoms with van der Waals surface area (Å²) in [6, 6.07) is 14.4. The van der Waals surface area contributed by atoms with Crippen LogP contribution in [-0.2, 0) is 12.8 Å². The first kappa shape index (κ1) is 12.9. The lowest BCUT2D eigenvalue weighted by Gasteiger charge is -2.12. The van der Waals surface area contributed by atoms with Gasteiger partial charge >= 0.3 is 0 Å². The van der Waals surface area contributed by atoms with Gasteiger partial charge in [-0.3, -0.25) is 0 Å². The standard InChI is InChI=1S/C15H20N2O/c16-14(11-13-5-2-1-3-6-13)12-17-9-8-15-7-4-10-18-15/h1-7,10,14,17H,8-9,11-12,16H2. The lowest BCUT2D eigenvalue weighted by molar-refractivity contribution is 0.491. The number of hydrogen-bond donors (Lipinski definition) is 2. The van der Waals surface area contributed by atoms with Crippen LogP contribution in [0.25, 0.3) is 0 Å². The molecular weight excluding hydrogens is 224 g/mol. The molecule has 3 N–H and O–H groups in total. The summed E-state index contributed by atoms with van der Waals surface area (Å²) in [4.78, 5) is 0. The van der Waals surface area contributed by atoms with Crippen LogP contribution >= 0.6 is 0 Å². The highest BCUT2D eigenvalue weighted by Crippen LogP contribution is 2.02. The quantitative estimate of drug-likeness (QED) is 0.732. The van der Waals surface area contributed by atoms with E-state index in [1.165, 1.54) is 5.56 Å². The molecular formula is C15H20N2O. The largest absolute Gasteiger partial charge is 0.469 e. The minimum absolute atomic E-state index is 0.156. The van der Waals surface area contributed by atoms with E-state index in [0.29, 0.717) is 0 Å².